The predicted octanol–water partition coefficient (Wildman–Crippen LogP) is 0.705. The molecule has 0 spiro atoms. The number of ether oxygens (including phenoxy) is 1. The van der Waals surface area contributed by atoms with Crippen LogP contribution < -0.4 is 21.7 Å². The number of carbonyl (C=O) groups excluding carboxylic acids is 5. The number of esters is 1. The van der Waals surface area contributed by atoms with Crippen LogP contribution in [0.1, 0.15) is 43.2 Å². The van der Waals surface area contributed by atoms with E-state index in [2.05, 4.69) is 25.3 Å². The molecule has 15 nitrogen and oxygen atoms in total. The first-order valence-electron chi connectivity index (χ1n) is 12.9. The van der Waals surface area contributed by atoms with Gasteiger partial charge in [0.25, 0.3) is 17.7 Å². The summed E-state index contributed by atoms with van der Waals surface area (Å²) in [5, 5.41) is 2.59. The number of imide groups is 1. The largest absolute Gasteiger partial charge is 0.467 e. The highest BCUT2D eigenvalue weighted by Gasteiger charge is 2.36. The molecule has 0 saturated carbocycles. The van der Waals surface area contributed by atoms with Crippen molar-refractivity contribution in [1.82, 2.24) is 30.2 Å². The number of nitrogens with two attached hydrogens (primary N) is 2. The SMILES string of the molecule is COC(=O)[C@H](CCN1C(=O)c2ccccc2C1=O)NC(=O)c1ccc(N(C=O)Cc2cnc3nc(N)nc(N)c3n2)cc1. The smallest absolute Gasteiger partial charge is 0.328 e. The Labute approximate surface area is 243 Å². The van der Waals surface area contributed by atoms with Gasteiger partial charge in [-0.15, -0.1) is 0 Å². The molecule has 0 bridgehead atoms. The van der Waals surface area contributed by atoms with Crippen molar-refractivity contribution in [2.24, 2.45) is 0 Å². The number of aromatic nitrogens is 4. The van der Waals surface area contributed by atoms with E-state index < -0.39 is 29.7 Å². The van der Waals surface area contributed by atoms with Crippen LogP contribution in [0.15, 0.2) is 54.7 Å². The van der Waals surface area contributed by atoms with E-state index in [-0.39, 0.29) is 59.1 Å². The van der Waals surface area contributed by atoms with Gasteiger partial charge in [-0.1, -0.05) is 12.1 Å². The van der Waals surface area contributed by atoms with Crippen molar-refractivity contribution in [2.75, 3.05) is 30.0 Å². The molecule has 2 aromatic heterocycles. The van der Waals surface area contributed by atoms with Crippen molar-refractivity contribution in [2.45, 2.75) is 19.0 Å². The number of carbonyl (C=O) groups is 5. The van der Waals surface area contributed by atoms with Gasteiger partial charge in [0.05, 0.1) is 36.7 Å². The second-order valence-electron chi connectivity index (χ2n) is 9.43. The minimum atomic E-state index is -1.13. The highest BCUT2D eigenvalue weighted by atomic mass is 16.5. The Balaban J connectivity index is 1.24. The number of amides is 4. The summed E-state index contributed by atoms with van der Waals surface area (Å²) in [6, 6.07) is 11.3. The van der Waals surface area contributed by atoms with E-state index in [4.69, 9.17) is 16.2 Å². The number of nitrogens with zero attached hydrogens (tertiary/aromatic N) is 6. The summed E-state index contributed by atoms with van der Waals surface area (Å²) in [6.45, 7) is -0.0769. The summed E-state index contributed by atoms with van der Waals surface area (Å²) >= 11 is 0. The van der Waals surface area contributed by atoms with Gasteiger partial charge in [-0.05, 0) is 42.8 Å². The third-order valence-corrected chi connectivity index (χ3v) is 6.73. The quantitative estimate of drug-likeness (QED) is 0.134. The molecule has 4 amide bonds. The van der Waals surface area contributed by atoms with Gasteiger partial charge in [0.1, 0.15) is 6.04 Å². The lowest BCUT2D eigenvalue weighted by atomic mass is 10.1. The minimum Gasteiger partial charge on any atom is -0.467 e. The molecule has 2 aromatic carbocycles. The Morgan fingerprint density at radius 2 is 1.70 bits per heavy atom. The molecule has 0 saturated heterocycles. The second kappa shape index (κ2) is 11.9. The number of nitrogens with one attached hydrogen (secondary N) is 1. The van der Waals surface area contributed by atoms with Gasteiger partial charge in [0, 0.05) is 17.8 Å². The van der Waals surface area contributed by atoms with E-state index in [1.807, 2.05) is 0 Å². The van der Waals surface area contributed by atoms with E-state index in [0.29, 0.717) is 17.8 Å². The van der Waals surface area contributed by atoms with Gasteiger partial charge in [0.2, 0.25) is 12.4 Å². The summed E-state index contributed by atoms with van der Waals surface area (Å²) in [7, 11) is 1.17. The zero-order valence-corrected chi connectivity index (χ0v) is 22.8. The second-order valence-corrected chi connectivity index (χ2v) is 9.43. The number of hydrogen-bond acceptors (Lipinski definition) is 12. The number of methoxy groups -OCH3 is 1. The maximum Gasteiger partial charge on any atom is 0.328 e. The maximum atomic E-state index is 13.0. The molecule has 218 valence electrons. The van der Waals surface area contributed by atoms with E-state index >= 15 is 0 Å². The lowest BCUT2D eigenvalue weighted by Gasteiger charge is -2.20. The number of hydrogen-bond donors (Lipinski definition) is 3. The predicted molar refractivity (Wildman–Crippen MR) is 152 cm³/mol. The van der Waals surface area contributed by atoms with Gasteiger partial charge in [-0.3, -0.25) is 24.1 Å². The normalized spacial score (nSPS) is 13.0. The van der Waals surface area contributed by atoms with Crippen LogP contribution in [0.2, 0.25) is 0 Å². The van der Waals surface area contributed by atoms with E-state index in [9.17, 15) is 24.0 Å². The first-order chi connectivity index (χ1) is 20.7. The fourth-order valence-electron chi connectivity index (χ4n) is 4.56. The number of rotatable bonds is 10. The fourth-order valence-corrected chi connectivity index (χ4v) is 4.56. The van der Waals surface area contributed by atoms with Crippen LogP contribution in [0.4, 0.5) is 17.5 Å². The summed E-state index contributed by atoms with van der Waals surface area (Å²) in [6.07, 6.45) is 1.97. The minimum absolute atomic E-state index is 0.0318. The fraction of sp³-hybridized carbons (Fsp3) is 0.179. The van der Waals surface area contributed by atoms with Gasteiger partial charge in [-0.25, -0.2) is 14.8 Å². The van der Waals surface area contributed by atoms with Crippen LogP contribution in [0.5, 0.6) is 0 Å². The maximum absolute atomic E-state index is 13.0. The van der Waals surface area contributed by atoms with Gasteiger partial charge >= 0.3 is 5.97 Å². The van der Waals surface area contributed by atoms with Crippen molar-refractivity contribution in [1.29, 1.82) is 0 Å². The highest BCUT2D eigenvalue weighted by Crippen LogP contribution is 2.23. The molecule has 4 aromatic rings. The zero-order valence-electron chi connectivity index (χ0n) is 22.8. The molecule has 15 heteroatoms. The average molecular weight is 584 g/mol. The number of fused-ring (bicyclic) bond motifs is 2. The lowest BCUT2D eigenvalue weighted by molar-refractivity contribution is -0.143. The number of anilines is 3. The summed E-state index contributed by atoms with van der Waals surface area (Å²) < 4.78 is 4.82. The Kier molecular flexibility index (Phi) is 7.87. The van der Waals surface area contributed by atoms with Crippen LogP contribution in [0.25, 0.3) is 11.2 Å². The molecular formula is C28H25N9O6. The van der Waals surface area contributed by atoms with Crippen LogP contribution in [-0.4, -0.2) is 74.6 Å². The number of nitrogen functional groups attached to an aromatic ring is 2. The molecule has 5 N–H and O–H groups in total. The van der Waals surface area contributed by atoms with Gasteiger partial charge < -0.3 is 26.4 Å². The van der Waals surface area contributed by atoms with Crippen LogP contribution in [0.3, 0.4) is 0 Å². The number of benzene rings is 2. The van der Waals surface area contributed by atoms with Crippen molar-refractivity contribution in [3.8, 4) is 0 Å². The summed E-state index contributed by atoms with van der Waals surface area (Å²) in [5.41, 5.74) is 13.5. The monoisotopic (exact) mass is 583 g/mol. The van der Waals surface area contributed by atoms with Crippen molar-refractivity contribution < 1.29 is 28.7 Å². The topological polar surface area (TPSA) is 217 Å². The molecule has 0 unspecified atom stereocenters. The van der Waals surface area contributed by atoms with Crippen LogP contribution in [0, 0.1) is 0 Å². The van der Waals surface area contributed by atoms with E-state index in [1.165, 1.54) is 30.3 Å². The molecule has 43 heavy (non-hydrogen) atoms. The lowest BCUT2D eigenvalue weighted by Crippen LogP contribution is -2.44. The third kappa shape index (κ3) is 5.76. The molecule has 3 heterocycles. The Bertz CT molecular complexity index is 1730. The van der Waals surface area contributed by atoms with E-state index in [0.717, 1.165) is 4.90 Å². The zero-order chi connectivity index (χ0) is 30.7. The van der Waals surface area contributed by atoms with E-state index in [1.54, 1.807) is 36.4 Å². The van der Waals surface area contributed by atoms with Crippen molar-refractivity contribution in [3.63, 3.8) is 0 Å². The van der Waals surface area contributed by atoms with Gasteiger partial charge in [0.15, 0.2) is 17.0 Å². The van der Waals surface area contributed by atoms with Crippen molar-refractivity contribution in [3.05, 3.63) is 77.1 Å². The molecule has 5 rings (SSSR count). The third-order valence-electron chi connectivity index (χ3n) is 6.73. The Morgan fingerprint density at radius 3 is 2.33 bits per heavy atom. The first-order valence-corrected chi connectivity index (χ1v) is 12.9. The molecule has 0 radical (unpaired) electrons. The van der Waals surface area contributed by atoms with Gasteiger partial charge in [-0.2, -0.15) is 9.97 Å². The summed E-state index contributed by atoms with van der Waals surface area (Å²) in [4.78, 5) is 81.4. The Morgan fingerprint density at radius 1 is 1.02 bits per heavy atom. The van der Waals surface area contributed by atoms with Crippen molar-refractivity contribution >= 4 is 58.7 Å². The molecular weight excluding hydrogens is 558 g/mol. The molecule has 0 aliphatic carbocycles. The molecule has 1 aliphatic rings. The molecule has 1 atom stereocenters. The Hall–Kier alpha value is -5.99. The van der Waals surface area contributed by atoms with Crippen LogP contribution >= 0.6 is 0 Å². The van der Waals surface area contributed by atoms with Crippen LogP contribution in [-0.2, 0) is 20.9 Å². The standard InChI is InChI=1S/C28H25N9O6/c1-43-27(42)20(10-11-37-25(40)18-4-2-3-5-19(18)26(37)41)33-24(39)15-6-8-17(9-7-15)36(14-38)13-16-12-31-23-21(32-16)22(29)34-28(30)35-23/h2-9,12,14,20H,10-11,13H2,1H3,(H,33,39)(H4,29,30,31,34,35)/t20-/m0/s1. The average Bonchev–Trinajstić information content (AvgIpc) is 3.26. The molecule has 0 fully saturated rings. The summed E-state index contributed by atoms with van der Waals surface area (Å²) in [5.74, 6) is -2.26. The molecule has 1 aliphatic heterocycles. The first kappa shape index (κ1) is 28.5. The highest BCUT2D eigenvalue weighted by molar-refractivity contribution is 6.21.